The lowest BCUT2D eigenvalue weighted by Gasteiger charge is -2.22. The van der Waals surface area contributed by atoms with Gasteiger partial charge in [-0.3, -0.25) is 18.7 Å². The first-order valence-corrected chi connectivity index (χ1v) is 22.7. The molecule has 1 saturated heterocycles. The minimum absolute atomic E-state index is 0.0247. The summed E-state index contributed by atoms with van der Waals surface area (Å²) in [5, 5.41) is 36.8. The zero-order valence-electron chi connectivity index (χ0n) is 32.0. The van der Waals surface area contributed by atoms with Gasteiger partial charge in [-0.1, -0.05) is 0 Å². The number of hydrogen-bond acceptors (Lipinski definition) is 18. The number of phenolic OH excluding ortho intramolecular Hbond substituents is 1. The van der Waals surface area contributed by atoms with Crippen molar-refractivity contribution in [2.24, 2.45) is 0 Å². The quantitative estimate of drug-likeness (QED) is 0.0393. The SMILES string of the molecule is Nc1ncnc2c1ncn2[C@@H]1O[C@H](COP(=O)(O)OP(=O)(O)NP(=O)(O)O)[C@@H](OC(=O)NCCNC(=O)c2ccc(C(=O)O)c(-c3c4ccc(=O)cc-4oc4cc(O)ccc34)c2)[C@H]1O. The number of imidazole rings is 1. The lowest BCUT2D eigenvalue weighted by atomic mass is 9.89. The fourth-order valence-electron chi connectivity index (χ4n) is 6.64. The molecule has 2 amide bonds. The topological polar surface area (TPSA) is 417 Å². The largest absolute Gasteiger partial charge is 0.508 e. The van der Waals surface area contributed by atoms with Crippen LogP contribution in [0.2, 0.25) is 0 Å². The zero-order valence-corrected chi connectivity index (χ0v) is 34.7. The fourth-order valence-corrected chi connectivity index (χ4v) is 10.1. The average molecular weight is 951 g/mol. The maximum Gasteiger partial charge on any atom is 0.480 e. The van der Waals surface area contributed by atoms with Gasteiger partial charge in [0.25, 0.3) is 5.91 Å². The number of aromatic nitrogens is 4. The van der Waals surface area contributed by atoms with Crippen molar-refractivity contribution in [2.75, 3.05) is 25.4 Å². The second-order valence-electron chi connectivity index (χ2n) is 13.6. The predicted octanol–water partition coefficient (Wildman–Crippen LogP) is 1.39. The van der Waals surface area contributed by atoms with Crippen LogP contribution in [-0.2, 0) is 32.0 Å². The number of nitrogens with one attached hydrogen (secondary N) is 3. The van der Waals surface area contributed by atoms with Gasteiger partial charge in [-0.15, -0.1) is 4.86 Å². The molecule has 6 atom stereocenters. The number of nitrogens with zero attached hydrogens (tertiary/aromatic N) is 4. The summed E-state index contributed by atoms with van der Waals surface area (Å²) in [5.74, 6) is -2.21. The number of nitrogen functional groups attached to an aromatic ring is 1. The number of phosphoric ester groups is 1. The molecule has 7 rings (SSSR count). The van der Waals surface area contributed by atoms with E-state index < -0.39 is 77.9 Å². The molecule has 4 heterocycles. The van der Waals surface area contributed by atoms with Crippen molar-refractivity contribution >= 4 is 69.2 Å². The van der Waals surface area contributed by atoms with Crippen molar-refractivity contribution in [3.8, 4) is 28.2 Å². The van der Waals surface area contributed by atoms with Crippen LogP contribution in [0.5, 0.6) is 5.75 Å². The Morgan fingerprint density at radius 2 is 1.67 bits per heavy atom. The number of aromatic hydroxyl groups is 1. The third-order valence-electron chi connectivity index (χ3n) is 9.22. The summed E-state index contributed by atoms with van der Waals surface area (Å²) in [4.78, 5) is 101. The van der Waals surface area contributed by atoms with Gasteiger partial charge in [0.05, 0.1) is 18.5 Å². The number of fused-ring (bicyclic) bond motifs is 3. The number of ether oxygens (including phenoxy) is 2. The molecule has 0 saturated carbocycles. The van der Waals surface area contributed by atoms with E-state index in [0.717, 1.165) is 22.1 Å². The van der Waals surface area contributed by atoms with Crippen LogP contribution < -0.4 is 26.7 Å². The molecule has 64 heavy (non-hydrogen) atoms. The first-order chi connectivity index (χ1) is 30.1. The van der Waals surface area contributed by atoms with E-state index >= 15 is 0 Å². The molecule has 2 aromatic heterocycles. The summed E-state index contributed by atoms with van der Waals surface area (Å²) >= 11 is 0. The number of nitrogens with two attached hydrogens (primary N) is 1. The number of rotatable bonds is 15. The van der Waals surface area contributed by atoms with E-state index in [-0.39, 0.29) is 69.4 Å². The molecule has 1 fully saturated rings. The predicted molar refractivity (Wildman–Crippen MR) is 215 cm³/mol. The second kappa shape index (κ2) is 17.8. The Morgan fingerprint density at radius 1 is 0.922 bits per heavy atom. The van der Waals surface area contributed by atoms with Crippen molar-refractivity contribution in [3.63, 3.8) is 0 Å². The fraction of sp³-hybridized carbons (Fsp3) is 0.206. The number of phenols is 1. The number of amides is 2. The Bertz CT molecular complexity index is 3000. The summed E-state index contributed by atoms with van der Waals surface area (Å²) in [6.07, 6.45) is -5.81. The third kappa shape index (κ3) is 10.1. The maximum absolute atomic E-state index is 13.4. The molecule has 0 bridgehead atoms. The highest BCUT2D eigenvalue weighted by Gasteiger charge is 2.49. The lowest BCUT2D eigenvalue weighted by molar-refractivity contribution is -0.0507. The summed E-state index contributed by atoms with van der Waals surface area (Å²) < 4.78 is 62.5. The molecule has 2 unspecified atom stereocenters. The molecular weight excluding hydrogens is 917 g/mol. The van der Waals surface area contributed by atoms with Crippen molar-refractivity contribution in [2.45, 2.75) is 24.5 Å². The van der Waals surface area contributed by atoms with E-state index in [2.05, 4.69) is 29.9 Å². The minimum atomic E-state index is -5.67. The van der Waals surface area contributed by atoms with Crippen molar-refractivity contribution < 1.29 is 85.7 Å². The molecule has 1 aliphatic carbocycles. The Balaban J connectivity index is 1.05. The number of carboxylic acids is 1. The first-order valence-electron chi connectivity index (χ1n) is 18.0. The molecule has 30 heteroatoms. The number of aliphatic hydroxyl groups is 1. The maximum atomic E-state index is 13.4. The van der Waals surface area contributed by atoms with Crippen LogP contribution in [0.4, 0.5) is 10.6 Å². The molecule has 4 aromatic rings. The van der Waals surface area contributed by atoms with Gasteiger partial charge >= 0.3 is 35.4 Å². The Morgan fingerprint density at radius 3 is 2.41 bits per heavy atom. The van der Waals surface area contributed by atoms with Crippen molar-refractivity contribution in [1.29, 1.82) is 0 Å². The van der Waals surface area contributed by atoms with Gasteiger partial charge in [-0.25, -0.2) is 38.2 Å². The van der Waals surface area contributed by atoms with Crippen LogP contribution in [-0.4, -0.2) is 110 Å². The van der Waals surface area contributed by atoms with Crippen LogP contribution in [0.3, 0.4) is 0 Å². The molecular formula is C34H33N8O19P3. The van der Waals surface area contributed by atoms with E-state index in [0.29, 0.717) is 10.9 Å². The number of aromatic carboxylic acids is 1. The Hall–Kier alpha value is -6.18. The monoisotopic (exact) mass is 950 g/mol. The molecule has 0 radical (unpaired) electrons. The molecule has 0 spiro atoms. The highest BCUT2D eigenvalue weighted by atomic mass is 31.3. The highest BCUT2D eigenvalue weighted by Crippen LogP contribution is 2.61. The second-order valence-corrected chi connectivity index (χ2v) is 18.4. The van der Waals surface area contributed by atoms with Gasteiger partial charge in [-0.05, 0) is 48.0 Å². The van der Waals surface area contributed by atoms with E-state index in [4.69, 9.17) is 33.9 Å². The molecule has 3 aliphatic rings. The van der Waals surface area contributed by atoms with Gasteiger partial charge in [0.1, 0.15) is 41.1 Å². The number of benzene rings is 3. The van der Waals surface area contributed by atoms with E-state index in [1.165, 1.54) is 54.6 Å². The summed E-state index contributed by atoms with van der Waals surface area (Å²) in [7, 11) is -16.8. The van der Waals surface area contributed by atoms with Gasteiger partial charge in [0, 0.05) is 47.3 Å². The van der Waals surface area contributed by atoms with Crippen LogP contribution in [0.25, 0.3) is 44.6 Å². The number of carbonyl (C=O) groups excluding carboxylic acids is 2. The molecule has 2 aromatic carbocycles. The van der Waals surface area contributed by atoms with Crippen LogP contribution in [0.15, 0.2) is 76.5 Å². The molecule has 338 valence electrons. The first kappa shape index (κ1) is 45.8. The number of carboxylic acid groups (broad SMARTS) is 1. The third-order valence-corrected chi connectivity index (χ3v) is 13.5. The zero-order chi connectivity index (χ0) is 46.3. The summed E-state index contributed by atoms with van der Waals surface area (Å²) in [6.45, 7) is -1.71. The van der Waals surface area contributed by atoms with Crippen molar-refractivity contribution in [3.05, 3.63) is 88.6 Å². The standard InChI is InChI=1S/C34H33N8O19P3/c35-29-26-30(39-13-38-29)42(14-40-26)32-27(45)28(24(59-32)12-57-64(55,56)61-63(53,54)41-62(50,51)52)60-34(49)37-8-7-36-31(46)15-1-4-18(33(47)48)21(9-15)25-19-5-2-16(43)10-22(19)58-23-11-17(44)3-6-20(23)25/h1-6,9-11,13-14,24,27-28,32,43,45H,7-8,12H2,(H,36,46)(H,37,49)(H,47,48)(H,55,56)(H2,35,38,39)(H4,41,50,51,52,53,54)/t24-,27-,28-,32-/m1/s1. The minimum Gasteiger partial charge on any atom is -0.508 e. The number of aliphatic hydroxyl groups excluding tert-OH is 1. The smallest absolute Gasteiger partial charge is 0.480 e. The van der Waals surface area contributed by atoms with Crippen molar-refractivity contribution in [1.82, 2.24) is 35.0 Å². The number of carbonyl (C=O) groups is 3. The Kier molecular flexibility index (Phi) is 12.7. The number of anilines is 1. The van der Waals surface area contributed by atoms with Crippen LogP contribution >= 0.6 is 23.3 Å². The van der Waals surface area contributed by atoms with Crippen LogP contribution in [0.1, 0.15) is 26.9 Å². The number of phosphoric acid groups is 1. The molecule has 12 N–H and O–H groups in total. The van der Waals surface area contributed by atoms with Gasteiger partial charge in [0.2, 0.25) is 0 Å². The van der Waals surface area contributed by atoms with Gasteiger partial charge in [0.15, 0.2) is 29.2 Å². The van der Waals surface area contributed by atoms with Gasteiger partial charge < -0.3 is 65.2 Å². The summed E-state index contributed by atoms with van der Waals surface area (Å²) in [5.41, 5.74) is 6.12. The highest BCUT2D eigenvalue weighted by molar-refractivity contribution is 7.70. The van der Waals surface area contributed by atoms with Crippen LogP contribution in [0, 0.1) is 0 Å². The molecule has 27 nitrogen and oxygen atoms in total. The average Bonchev–Trinajstić information content (AvgIpc) is 3.76. The van der Waals surface area contributed by atoms with E-state index in [1.54, 1.807) is 0 Å². The van der Waals surface area contributed by atoms with E-state index in [1.807, 2.05) is 0 Å². The number of hydrogen-bond donors (Lipinski definition) is 11. The van der Waals surface area contributed by atoms with Gasteiger partial charge in [-0.2, -0.15) is 4.31 Å². The number of alkyl carbamates (subject to hydrolysis) is 1. The van der Waals surface area contributed by atoms with E-state index in [9.17, 15) is 58.0 Å². The molecule has 2 aliphatic heterocycles. The summed E-state index contributed by atoms with van der Waals surface area (Å²) in [6, 6.07) is 11.8. The lowest BCUT2D eigenvalue weighted by Crippen LogP contribution is -2.42. The normalized spacial score (nSPS) is 19.6. The Labute approximate surface area is 356 Å².